The Hall–Kier alpha value is -3.28. The van der Waals surface area contributed by atoms with Crippen LogP contribution in [-0.4, -0.2) is 19.0 Å². The minimum atomic E-state index is -0.529. The van der Waals surface area contributed by atoms with E-state index in [-0.39, 0.29) is 11.9 Å². The molecule has 134 valence electrons. The summed E-state index contributed by atoms with van der Waals surface area (Å²) in [6.07, 6.45) is 0. The first-order chi connectivity index (χ1) is 12.5. The number of ether oxygens (including phenoxy) is 1. The van der Waals surface area contributed by atoms with Crippen LogP contribution in [0.15, 0.2) is 59.8 Å². The summed E-state index contributed by atoms with van der Waals surface area (Å²) in [5.74, 6) is 0.267. The Balaban J connectivity index is 1.95. The number of urea groups is 1. The first kappa shape index (κ1) is 17.5. The Bertz CT molecular complexity index is 872. The highest BCUT2D eigenvalue weighted by molar-refractivity contribution is 6.07. The second kappa shape index (κ2) is 7.31. The molecule has 0 radical (unpaired) electrons. The predicted octanol–water partition coefficient (Wildman–Crippen LogP) is 3.27. The van der Waals surface area contributed by atoms with E-state index in [1.807, 2.05) is 43.3 Å². The van der Waals surface area contributed by atoms with E-state index < -0.39 is 6.04 Å². The van der Waals surface area contributed by atoms with Crippen molar-refractivity contribution in [2.24, 2.45) is 0 Å². The van der Waals surface area contributed by atoms with Gasteiger partial charge in [0.1, 0.15) is 5.75 Å². The third-order valence-corrected chi connectivity index (χ3v) is 4.28. The van der Waals surface area contributed by atoms with Crippen LogP contribution in [0.2, 0.25) is 0 Å². The zero-order valence-corrected chi connectivity index (χ0v) is 14.9. The summed E-state index contributed by atoms with van der Waals surface area (Å²) in [6.45, 7) is 3.71. The highest BCUT2D eigenvalue weighted by Crippen LogP contribution is 2.30. The average Bonchev–Trinajstić information content (AvgIpc) is 2.62. The Morgan fingerprint density at radius 3 is 2.46 bits per heavy atom. The molecule has 3 N–H and O–H groups in total. The molecule has 1 aliphatic rings. The Morgan fingerprint density at radius 1 is 1.08 bits per heavy atom. The lowest BCUT2D eigenvalue weighted by Crippen LogP contribution is -2.46. The topological polar surface area (TPSA) is 79.5 Å². The third kappa shape index (κ3) is 3.54. The van der Waals surface area contributed by atoms with E-state index in [0.29, 0.717) is 22.7 Å². The molecule has 6 heteroatoms. The van der Waals surface area contributed by atoms with Crippen molar-refractivity contribution in [1.82, 2.24) is 10.6 Å². The van der Waals surface area contributed by atoms with E-state index in [1.165, 1.54) is 0 Å². The van der Waals surface area contributed by atoms with Gasteiger partial charge in [-0.1, -0.05) is 42.0 Å². The number of hydrogen-bond donors (Lipinski definition) is 3. The Labute approximate surface area is 152 Å². The van der Waals surface area contributed by atoms with Crippen molar-refractivity contribution in [1.29, 1.82) is 0 Å². The number of benzene rings is 2. The first-order valence-electron chi connectivity index (χ1n) is 8.29. The zero-order chi connectivity index (χ0) is 18.7. The van der Waals surface area contributed by atoms with Gasteiger partial charge in [-0.3, -0.25) is 4.79 Å². The predicted molar refractivity (Wildman–Crippen MR) is 99.9 cm³/mol. The molecule has 0 fully saturated rings. The number of rotatable bonds is 4. The second-order valence-electron chi connectivity index (χ2n) is 6.14. The number of allylic oxidation sites excluding steroid dienone is 1. The van der Waals surface area contributed by atoms with Gasteiger partial charge in [0.05, 0.1) is 24.4 Å². The highest BCUT2D eigenvalue weighted by atomic mass is 16.5. The van der Waals surface area contributed by atoms with Crippen molar-refractivity contribution in [3.8, 4) is 5.75 Å². The van der Waals surface area contributed by atoms with Crippen LogP contribution in [0, 0.1) is 6.92 Å². The summed E-state index contributed by atoms with van der Waals surface area (Å²) in [5, 5.41) is 8.38. The molecule has 6 nitrogen and oxygen atoms in total. The Morgan fingerprint density at radius 2 is 1.77 bits per heavy atom. The van der Waals surface area contributed by atoms with Crippen LogP contribution >= 0.6 is 0 Å². The summed E-state index contributed by atoms with van der Waals surface area (Å²) >= 11 is 0. The van der Waals surface area contributed by atoms with Crippen LogP contribution in [0.25, 0.3) is 0 Å². The van der Waals surface area contributed by atoms with E-state index in [1.54, 1.807) is 26.2 Å². The highest BCUT2D eigenvalue weighted by Gasteiger charge is 2.31. The van der Waals surface area contributed by atoms with Gasteiger partial charge in [0.2, 0.25) is 0 Å². The molecule has 0 aliphatic carbocycles. The van der Waals surface area contributed by atoms with Crippen molar-refractivity contribution >= 4 is 17.6 Å². The monoisotopic (exact) mass is 351 g/mol. The molecule has 0 bridgehead atoms. The molecule has 1 atom stereocenters. The van der Waals surface area contributed by atoms with Gasteiger partial charge in [-0.2, -0.15) is 0 Å². The normalized spacial score (nSPS) is 16.6. The minimum Gasteiger partial charge on any atom is -0.495 e. The van der Waals surface area contributed by atoms with Gasteiger partial charge in [-0.25, -0.2) is 4.79 Å². The van der Waals surface area contributed by atoms with Crippen molar-refractivity contribution in [2.75, 3.05) is 12.4 Å². The van der Waals surface area contributed by atoms with Crippen molar-refractivity contribution < 1.29 is 14.3 Å². The fourth-order valence-corrected chi connectivity index (χ4v) is 2.94. The summed E-state index contributed by atoms with van der Waals surface area (Å²) in [5.41, 5.74) is 3.50. The van der Waals surface area contributed by atoms with E-state index in [0.717, 1.165) is 11.1 Å². The van der Waals surface area contributed by atoms with Crippen molar-refractivity contribution in [2.45, 2.75) is 19.9 Å². The van der Waals surface area contributed by atoms with Crippen LogP contribution in [0.4, 0.5) is 10.5 Å². The van der Waals surface area contributed by atoms with Gasteiger partial charge in [0.25, 0.3) is 5.91 Å². The number of anilines is 1. The maximum absolute atomic E-state index is 13.0. The molecule has 2 aromatic rings. The molecule has 1 aliphatic heterocycles. The lowest BCUT2D eigenvalue weighted by molar-refractivity contribution is -0.113. The summed E-state index contributed by atoms with van der Waals surface area (Å²) < 4.78 is 5.29. The third-order valence-electron chi connectivity index (χ3n) is 4.28. The molecule has 26 heavy (non-hydrogen) atoms. The Kier molecular flexibility index (Phi) is 4.93. The lowest BCUT2D eigenvalue weighted by atomic mass is 9.94. The summed E-state index contributed by atoms with van der Waals surface area (Å²) in [7, 11) is 1.55. The fraction of sp³-hybridized carbons (Fsp3) is 0.200. The number of methoxy groups -OCH3 is 1. The molecule has 3 rings (SSSR count). The van der Waals surface area contributed by atoms with E-state index in [4.69, 9.17) is 4.74 Å². The van der Waals surface area contributed by atoms with Gasteiger partial charge < -0.3 is 20.7 Å². The van der Waals surface area contributed by atoms with Gasteiger partial charge in [0, 0.05) is 5.70 Å². The molecule has 2 aromatic carbocycles. The van der Waals surface area contributed by atoms with Crippen molar-refractivity contribution in [3.05, 3.63) is 70.9 Å². The number of carbonyl (C=O) groups is 2. The van der Waals surface area contributed by atoms with Crippen LogP contribution in [0.1, 0.15) is 24.1 Å². The van der Waals surface area contributed by atoms with Crippen LogP contribution in [0.5, 0.6) is 5.75 Å². The first-order valence-corrected chi connectivity index (χ1v) is 8.29. The summed E-state index contributed by atoms with van der Waals surface area (Å²) in [6, 6.07) is 14.1. The molecule has 0 saturated heterocycles. The number of amides is 3. The lowest BCUT2D eigenvalue weighted by Gasteiger charge is -2.29. The van der Waals surface area contributed by atoms with Crippen LogP contribution in [-0.2, 0) is 4.79 Å². The molecule has 0 aromatic heterocycles. The van der Waals surface area contributed by atoms with Crippen molar-refractivity contribution in [3.63, 3.8) is 0 Å². The number of aryl methyl sites for hydroxylation is 1. The molecule has 0 spiro atoms. The largest absolute Gasteiger partial charge is 0.495 e. The summed E-state index contributed by atoms with van der Waals surface area (Å²) in [4.78, 5) is 24.9. The van der Waals surface area contributed by atoms with Gasteiger partial charge in [-0.15, -0.1) is 0 Å². The second-order valence-corrected chi connectivity index (χ2v) is 6.14. The smallest absolute Gasteiger partial charge is 0.319 e. The van der Waals surface area contributed by atoms with E-state index in [2.05, 4.69) is 16.0 Å². The SMILES string of the molecule is COc1ccccc1NC(=O)C1=C(C)NC(=O)N[C@@H]1c1ccc(C)cc1. The van der Waals surface area contributed by atoms with E-state index >= 15 is 0 Å². The van der Waals surface area contributed by atoms with Gasteiger partial charge in [-0.05, 0) is 31.5 Å². The fourth-order valence-electron chi connectivity index (χ4n) is 2.94. The number of hydrogen-bond acceptors (Lipinski definition) is 3. The number of carbonyl (C=O) groups excluding carboxylic acids is 2. The molecule has 0 unspecified atom stereocenters. The van der Waals surface area contributed by atoms with Gasteiger partial charge in [0.15, 0.2) is 0 Å². The number of para-hydroxylation sites is 2. The maximum Gasteiger partial charge on any atom is 0.319 e. The molecule has 3 amide bonds. The molecular weight excluding hydrogens is 330 g/mol. The van der Waals surface area contributed by atoms with Crippen LogP contribution < -0.4 is 20.7 Å². The van der Waals surface area contributed by atoms with Crippen LogP contribution in [0.3, 0.4) is 0 Å². The molecule has 0 saturated carbocycles. The number of nitrogens with one attached hydrogen (secondary N) is 3. The maximum atomic E-state index is 13.0. The standard InChI is InChI=1S/C20H21N3O3/c1-12-8-10-14(11-9-12)18-17(13(2)21-20(25)23-18)19(24)22-15-6-4-5-7-16(15)26-3/h4-11,18H,1-3H3,(H,22,24)(H2,21,23,25)/t18-/m1/s1. The van der Waals surface area contributed by atoms with E-state index in [9.17, 15) is 9.59 Å². The quantitative estimate of drug-likeness (QED) is 0.791. The van der Waals surface area contributed by atoms with Gasteiger partial charge >= 0.3 is 6.03 Å². The average molecular weight is 351 g/mol. The minimum absolute atomic E-state index is 0.301. The molecule has 1 heterocycles. The zero-order valence-electron chi connectivity index (χ0n) is 14.9. The molecular formula is C20H21N3O3.